The quantitative estimate of drug-likeness (QED) is 0.470. The number of hydrogen-bond acceptors (Lipinski definition) is 7. The fourth-order valence-electron chi connectivity index (χ4n) is 2.08. The molecule has 1 aliphatic rings. The van der Waals surface area contributed by atoms with Crippen molar-refractivity contribution in [3.8, 4) is 11.3 Å². The summed E-state index contributed by atoms with van der Waals surface area (Å²) in [6.45, 7) is 1.41. The predicted molar refractivity (Wildman–Crippen MR) is 74.5 cm³/mol. The van der Waals surface area contributed by atoms with Crippen LogP contribution >= 0.6 is 23.2 Å². The molecule has 4 N–H and O–H groups in total. The zero-order valence-electron chi connectivity index (χ0n) is 10.8. The predicted octanol–water partition coefficient (Wildman–Crippen LogP) is -0.963. The molecule has 8 nitrogen and oxygen atoms in total. The monoisotopic (exact) mass is 334 g/mol. The summed E-state index contributed by atoms with van der Waals surface area (Å²) in [4.78, 5) is 17.2. The standard InChI is InChI=1S/C11H12Cl2N4O4/c1-5(18)6-7(19)11(13,2-3-12)8(21-6)17-4-15-9(14)16-10(17)20/h4-8,18-19H,1H3,(H2,14,16,20)/t5-,6-,7?,8-,11-/m1/s1. The van der Waals surface area contributed by atoms with E-state index in [0.717, 1.165) is 10.9 Å². The maximum atomic E-state index is 11.9. The highest BCUT2D eigenvalue weighted by atomic mass is 35.5. The Balaban J connectivity index is 2.54. The largest absolute Gasteiger partial charge is 0.391 e. The minimum absolute atomic E-state index is 0.217. The topological polar surface area (TPSA) is 123 Å². The second-order valence-corrected chi connectivity index (χ2v) is 5.34. The molecule has 1 saturated heterocycles. The molecule has 0 amide bonds. The molecular weight excluding hydrogens is 323 g/mol. The van der Waals surface area contributed by atoms with E-state index in [2.05, 4.69) is 21.3 Å². The van der Waals surface area contributed by atoms with Gasteiger partial charge in [0.2, 0.25) is 5.95 Å². The molecule has 2 rings (SSSR count). The van der Waals surface area contributed by atoms with Crippen molar-refractivity contribution in [2.75, 3.05) is 5.73 Å². The number of nitrogen functional groups attached to an aromatic ring is 1. The van der Waals surface area contributed by atoms with Crippen LogP contribution in [0.25, 0.3) is 0 Å². The molecule has 1 aromatic heterocycles. The first-order valence-electron chi connectivity index (χ1n) is 5.85. The highest BCUT2D eigenvalue weighted by Crippen LogP contribution is 2.43. The van der Waals surface area contributed by atoms with Crippen molar-refractivity contribution in [3.63, 3.8) is 0 Å². The molecule has 0 aliphatic carbocycles. The van der Waals surface area contributed by atoms with Crippen molar-refractivity contribution in [1.29, 1.82) is 0 Å². The molecule has 10 heteroatoms. The van der Waals surface area contributed by atoms with Crippen LogP contribution in [0.5, 0.6) is 0 Å². The van der Waals surface area contributed by atoms with Gasteiger partial charge in [-0.1, -0.05) is 17.5 Å². The highest BCUT2D eigenvalue weighted by Gasteiger charge is 2.57. The lowest BCUT2D eigenvalue weighted by molar-refractivity contribution is -0.0775. The first-order chi connectivity index (χ1) is 9.81. The fourth-order valence-corrected chi connectivity index (χ4v) is 2.61. The van der Waals surface area contributed by atoms with Crippen molar-refractivity contribution >= 4 is 29.2 Å². The van der Waals surface area contributed by atoms with E-state index in [1.54, 1.807) is 0 Å². The zero-order chi connectivity index (χ0) is 15.8. The van der Waals surface area contributed by atoms with Gasteiger partial charge in [-0.25, -0.2) is 9.78 Å². The molecule has 1 unspecified atom stereocenters. The molecule has 1 aromatic rings. The summed E-state index contributed by atoms with van der Waals surface area (Å²) in [7, 11) is 0. The van der Waals surface area contributed by atoms with Crippen LogP contribution in [0.4, 0.5) is 5.95 Å². The first kappa shape index (κ1) is 16.0. The van der Waals surface area contributed by atoms with Gasteiger partial charge in [0, 0.05) is 5.38 Å². The fraction of sp³-hybridized carbons (Fsp3) is 0.545. The minimum Gasteiger partial charge on any atom is -0.391 e. The Morgan fingerprint density at radius 1 is 1.67 bits per heavy atom. The second kappa shape index (κ2) is 5.79. The van der Waals surface area contributed by atoms with Gasteiger partial charge in [0.1, 0.15) is 18.5 Å². The number of nitrogens with zero attached hydrogens (tertiary/aromatic N) is 3. The lowest BCUT2D eigenvalue weighted by Gasteiger charge is -2.25. The van der Waals surface area contributed by atoms with Crippen molar-refractivity contribution in [1.82, 2.24) is 14.5 Å². The number of rotatable bonds is 2. The summed E-state index contributed by atoms with van der Waals surface area (Å²) in [5.41, 5.74) is 4.52. The number of aliphatic hydroxyl groups excluding tert-OH is 2. The second-order valence-electron chi connectivity index (χ2n) is 4.53. The van der Waals surface area contributed by atoms with Gasteiger partial charge >= 0.3 is 5.69 Å². The third kappa shape index (κ3) is 2.71. The van der Waals surface area contributed by atoms with Crippen molar-refractivity contribution in [2.24, 2.45) is 0 Å². The molecule has 114 valence electrons. The van der Waals surface area contributed by atoms with Gasteiger partial charge in [-0.15, -0.1) is 0 Å². The van der Waals surface area contributed by atoms with Crippen LogP contribution in [-0.2, 0) is 4.74 Å². The van der Waals surface area contributed by atoms with Crippen LogP contribution in [0.3, 0.4) is 0 Å². The SMILES string of the molecule is C[C@@H](O)[C@H]1O[C@@H](n2cnc(N)nc2=O)[C@@](Cl)(C#CCl)C1O. The Morgan fingerprint density at radius 3 is 2.86 bits per heavy atom. The maximum absolute atomic E-state index is 11.9. The lowest BCUT2D eigenvalue weighted by atomic mass is 9.97. The van der Waals surface area contributed by atoms with Crippen LogP contribution < -0.4 is 11.4 Å². The molecule has 5 atom stereocenters. The number of ether oxygens (including phenoxy) is 1. The maximum Gasteiger partial charge on any atom is 0.354 e. The molecule has 0 spiro atoms. The van der Waals surface area contributed by atoms with Gasteiger partial charge < -0.3 is 20.7 Å². The van der Waals surface area contributed by atoms with Crippen LogP contribution in [0.2, 0.25) is 0 Å². The Hall–Kier alpha value is -1.37. The Kier molecular flexibility index (Phi) is 4.41. The Bertz CT molecular complexity index is 656. The number of hydrogen-bond donors (Lipinski definition) is 3. The first-order valence-corrected chi connectivity index (χ1v) is 6.60. The number of aliphatic hydroxyl groups is 2. The summed E-state index contributed by atoms with van der Waals surface area (Å²) in [5, 5.41) is 21.9. The molecule has 0 bridgehead atoms. The molecular formula is C11H12Cl2N4O4. The number of aromatic nitrogens is 3. The molecule has 21 heavy (non-hydrogen) atoms. The van der Waals surface area contributed by atoms with Crippen LogP contribution in [-0.4, -0.2) is 47.9 Å². The smallest absolute Gasteiger partial charge is 0.354 e. The van der Waals surface area contributed by atoms with E-state index in [0.29, 0.717) is 0 Å². The third-order valence-electron chi connectivity index (χ3n) is 3.10. The van der Waals surface area contributed by atoms with E-state index in [4.69, 9.17) is 33.7 Å². The number of alkyl halides is 1. The zero-order valence-corrected chi connectivity index (χ0v) is 12.3. The average molecular weight is 335 g/mol. The van der Waals surface area contributed by atoms with E-state index in [9.17, 15) is 15.0 Å². The van der Waals surface area contributed by atoms with Crippen molar-refractivity contribution in [3.05, 3.63) is 16.8 Å². The summed E-state index contributed by atoms with van der Waals surface area (Å²) in [6, 6.07) is 0. The molecule has 0 saturated carbocycles. The van der Waals surface area contributed by atoms with Gasteiger partial charge in [-0.3, -0.25) is 4.57 Å². The summed E-state index contributed by atoms with van der Waals surface area (Å²) < 4.78 is 6.39. The van der Waals surface area contributed by atoms with E-state index >= 15 is 0 Å². The average Bonchev–Trinajstić information content (AvgIpc) is 2.64. The molecule has 1 aliphatic heterocycles. The highest BCUT2D eigenvalue weighted by molar-refractivity contribution is 6.32. The van der Waals surface area contributed by atoms with Crippen LogP contribution in [0.15, 0.2) is 11.1 Å². The van der Waals surface area contributed by atoms with Gasteiger partial charge in [0.15, 0.2) is 11.1 Å². The van der Waals surface area contributed by atoms with E-state index in [1.165, 1.54) is 6.92 Å². The minimum atomic E-state index is -1.74. The normalized spacial score (nSPS) is 33.3. The van der Waals surface area contributed by atoms with Crippen LogP contribution in [0, 0.1) is 11.3 Å². The Labute approximate surface area is 129 Å². The van der Waals surface area contributed by atoms with Gasteiger partial charge in [0.25, 0.3) is 0 Å². The van der Waals surface area contributed by atoms with Gasteiger partial charge in [0.05, 0.1) is 6.10 Å². The third-order valence-corrected chi connectivity index (χ3v) is 3.70. The number of nitrogens with two attached hydrogens (primary N) is 1. The Morgan fingerprint density at radius 2 is 2.33 bits per heavy atom. The van der Waals surface area contributed by atoms with Gasteiger partial charge in [-0.2, -0.15) is 4.98 Å². The van der Waals surface area contributed by atoms with Crippen molar-refractivity contribution in [2.45, 2.75) is 36.3 Å². The van der Waals surface area contributed by atoms with Gasteiger partial charge in [-0.05, 0) is 18.5 Å². The number of halogens is 2. The summed E-state index contributed by atoms with van der Waals surface area (Å²) in [5.74, 6) is 2.18. The molecule has 2 heterocycles. The molecule has 1 fully saturated rings. The van der Waals surface area contributed by atoms with E-state index in [1.807, 2.05) is 0 Å². The van der Waals surface area contributed by atoms with Crippen LogP contribution in [0.1, 0.15) is 13.2 Å². The lowest BCUT2D eigenvalue weighted by Crippen LogP contribution is -2.44. The summed E-state index contributed by atoms with van der Waals surface area (Å²) in [6.07, 6.45) is -3.67. The summed E-state index contributed by atoms with van der Waals surface area (Å²) >= 11 is 11.6. The molecule has 0 aromatic carbocycles. The molecule has 0 radical (unpaired) electrons. The number of anilines is 1. The van der Waals surface area contributed by atoms with E-state index in [-0.39, 0.29) is 5.95 Å². The van der Waals surface area contributed by atoms with E-state index < -0.39 is 35.1 Å². The van der Waals surface area contributed by atoms with Crippen molar-refractivity contribution < 1.29 is 14.9 Å².